The van der Waals surface area contributed by atoms with Crippen LogP contribution in [0.15, 0.2) is 18.3 Å². The summed E-state index contributed by atoms with van der Waals surface area (Å²) in [6, 6.07) is 3.31. The highest BCUT2D eigenvalue weighted by Crippen LogP contribution is 2.26. The van der Waals surface area contributed by atoms with Gasteiger partial charge in [0.15, 0.2) is 0 Å². The van der Waals surface area contributed by atoms with Crippen LogP contribution in [0.5, 0.6) is 0 Å². The Morgan fingerprint density at radius 3 is 2.78 bits per heavy atom. The second kappa shape index (κ2) is 6.18. The average molecular weight is 339 g/mol. The van der Waals surface area contributed by atoms with Crippen LogP contribution in [-0.4, -0.2) is 73.2 Å². The molecule has 0 aliphatic carbocycles. The van der Waals surface area contributed by atoms with E-state index in [1.807, 2.05) is 13.0 Å². The lowest BCUT2D eigenvalue weighted by Gasteiger charge is -2.34. The van der Waals surface area contributed by atoms with E-state index in [1.165, 1.54) is 10.6 Å². The second-order valence-electron chi connectivity index (χ2n) is 5.95. The van der Waals surface area contributed by atoms with Gasteiger partial charge in [0.05, 0.1) is 30.6 Å². The van der Waals surface area contributed by atoms with Crippen LogP contribution in [0.25, 0.3) is 0 Å². The number of ether oxygens (including phenoxy) is 1. The number of carbonyl (C=O) groups excluding carboxylic acids is 1. The third kappa shape index (κ3) is 3.24. The second-order valence-corrected chi connectivity index (χ2v) is 7.89. The van der Waals surface area contributed by atoms with Crippen molar-refractivity contribution in [1.29, 1.82) is 0 Å². The Hall–Kier alpha value is -1.51. The zero-order valence-electron chi connectivity index (χ0n) is 13.3. The van der Waals surface area contributed by atoms with E-state index < -0.39 is 10.0 Å². The summed E-state index contributed by atoms with van der Waals surface area (Å²) in [5.74, 6) is -0.133. The minimum Gasteiger partial charge on any atom is -0.373 e. The molecule has 2 aliphatic heterocycles. The van der Waals surface area contributed by atoms with Gasteiger partial charge in [0.2, 0.25) is 10.0 Å². The Bertz CT molecular complexity index is 689. The van der Waals surface area contributed by atoms with Gasteiger partial charge in [0.25, 0.3) is 5.91 Å². The molecule has 0 N–H and O–H groups in total. The van der Waals surface area contributed by atoms with E-state index in [1.54, 1.807) is 17.2 Å². The molecule has 1 amide bonds. The normalized spacial score (nSPS) is 25.4. The number of likely N-dealkylation sites (tertiary alicyclic amines) is 1. The first-order valence-electron chi connectivity index (χ1n) is 7.72. The maximum absolute atomic E-state index is 12.6. The van der Waals surface area contributed by atoms with Crippen LogP contribution in [-0.2, 0) is 21.2 Å². The average Bonchev–Trinajstić information content (AvgIpc) is 2.97. The van der Waals surface area contributed by atoms with E-state index in [-0.39, 0.29) is 18.1 Å². The molecule has 23 heavy (non-hydrogen) atoms. The Morgan fingerprint density at radius 1 is 1.39 bits per heavy atom. The van der Waals surface area contributed by atoms with E-state index in [0.29, 0.717) is 31.8 Å². The van der Waals surface area contributed by atoms with E-state index in [4.69, 9.17) is 4.74 Å². The van der Waals surface area contributed by atoms with Crippen LogP contribution in [0.3, 0.4) is 0 Å². The monoisotopic (exact) mass is 339 g/mol. The fraction of sp³-hybridized carbons (Fsp3) is 0.600. The number of sulfonamides is 1. The fourth-order valence-corrected chi connectivity index (χ4v) is 4.28. The van der Waals surface area contributed by atoms with Crippen molar-refractivity contribution in [2.75, 3.05) is 32.5 Å². The first-order valence-corrected chi connectivity index (χ1v) is 9.57. The number of amides is 1. The molecule has 2 fully saturated rings. The molecule has 0 spiro atoms. The molecule has 0 radical (unpaired) electrons. The van der Waals surface area contributed by atoms with Gasteiger partial charge in [-0.3, -0.25) is 9.78 Å². The van der Waals surface area contributed by atoms with Crippen molar-refractivity contribution in [3.8, 4) is 0 Å². The first kappa shape index (κ1) is 16.4. The minimum atomic E-state index is -3.30. The lowest BCUT2D eigenvalue weighted by atomic mass is 10.2. The first-order chi connectivity index (χ1) is 10.9. The van der Waals surface area contributed by atoms with Gasteiger partial charge >= 0.3 is 0 Å². The standard InChI is InChI=1S/C15H21N3O4S/c1-3-12-5-4-11(8-16-12)15(19)17-9-13-14(10-17)22-7-6-18(13)23(2,20)21/h4-5,8,13-14H,3,6-7,9-10H2,1-2H3/t13-,14+/m1/s1. The molecule has 126 valence electrons. The van der Waals surface area contributed by atoms with Crippen molar-refractivity contribution in [3.05, 3.63) is 29.6 Å². The van der Waals surface area contributed by atoms with Gasteiger partial charge < -0.3 is 9.64 Å². The molecule has 0 bridgehead atoms. The van der Waals surface area contributed by atoms with Crippen molar-refractivity contribution in [3.63, 3.8) is 0 Å². The molecule has 2 atom stereocenters. The number of aryl methyl sites for hydroxylation is 1. The maximum atomic E-state index is 12.6. The van der Waals surface area contributed by atoms with E-state index in [2.05, 4.69) is 4.98 Å². The molecule has 8 heteroatoms. The summed E-state index contributed by atoms with van der Waals surface area (Å²) in [5, 5.41) is 0. The summed E-state index contributed by atoms with van der Waals surface area (Å²) in [6.45, 7) is 3.47. The van der Waals surface area contributed by atoms with Gasteiger partial charge in [-0.1, -0.05) is 6.92 Å². The number of nitrogens with zero attached hydrogens (tertiary/aromatic N) is 3. The summed E-state index contributed by atoms with van der Waals surface area (Å²) >= 11 is 0. The number of fused-ring (bicyclic) bond motifs is 1. The number of aromatic nitrogens is 1. The van der Waals surface area contributed by atoms with Gasteiger partial charge in [0, 0.05) is 31.5 Å². The van der Waals surface area contributed by atoms with Gasteiger partial charge in [-0.2, -0.15) is 4.31 Å². The summed E-state index contributed by atoms with van der Waals surface area (Å²) in [6.07, 6.45) is 3.34. The zero-order chi connectivity index (χ0) is 16.6. The number of hydrogen-bond donors (Lipinski definition) is 0. The predicted molar refractivity (Wildman–Crippen MR) is 84.6 cm³/mol. The van der Waals surface area contributed by atoms with E-state index >= 15 is 0 Å². The Kier molecular flexibility index (Phi) is 4.39. The maximum Gasteiger partial charge on any atom is 0.255 e. The SMILES string of the molecule is CCc1ccc(C(=O)N2C[C@@H]3OCCN(S(C)(=O)=O)[C@@H]3C2)cn1. The lowest BCUT2D eigenvalue weighted by molar-refractivity contribution is -0.0157. The van der Waals surface area contributed by atoms with Crippen molar-refractivity contribution < 1.29 is 17.9 Å². The number of morpholine rings is 1. The van der Waals surface area contributed by atoms with Crippen molar-refractivity contribution in [1.82, 2.24) is 14.2 Å². The van der Waals surface area contributed by atoms with Crippen molar-refractivity contribution in [2.45, 2.75) is 25.5 Å². The van der Waals surface area contributed by atoms with Crippen molar-refractivity contribution in [2.24, 2.45) is 0 Å². The molecule has 0 unspecified atom stereocenters. The molecule has 7 nitrogen and oxygen atoms in total. The number of hydrogen-bond acceptors (Lipinski definition) is 5. The Morgan fingerprint density at radius 2 is 2.17 bits per heavy atom. The van der Waals surface area contributed by atoms with Crippen LogP contribution < -0.4 is 0 Å². The molecule has 0 aromatic carbocycles. The number of pyridine rings is 1. The third-order valence-corrected chi connectivity index (χ3v) is 5.70. The smallest absolute Gasteiger partial charge is 0.255 e. The molecule has 2 aliphatic rings. The molecule has 1 aromatic rings. The largest absolute Gasteiger partial charge is 0.373 e. The van der Waals surface area contributed by atoms with E-state index in [9.17, 15) is 13.2 Å². The van der Waals surface area contributed by atoms with Gasteiger partial charge in [-0.25, -0.2) is 8.42 Å². The highest BCUT2D eigenvalue weighted by Gasteiger charge is 2.45. The Balaban J connectivity index is 1.76. The molecule has 3 rings (SSSR count). The highest BCUT2D eigenvalue weighted by atomic mass is 32.2. The molecule has 0 saturated carbocycles. The van der Waals surface area contributed by atoms with Gasteiger partial charge in [0.1, 0.15) is 0 Å². The third-order valence-electron chi connectivity index (χ3n) is 4.40. The Labute approximate surface area is 136 Å². The summed E-state index contributed by atoms with van der Waals surface area (Å²) in [5.41, 5.74) is 1.45. The zero-order valence-corrected chi connectivity index (χ0v) is 14.1. The van der Waals surface area contributed by atoms with Crippen LogP contribution in [0.4, 0.5) is 0 Å². The minimum absolute atomic E-state index is 0.133. The van der Waals surface area contributed by atoms with Crippen molar-refractivity contribution >= 4 is 15.9 Å². The molecule has 2 saturated heterocycles. The summed E-state index contributed by atoms with van der Waals surface area (Å²) < 4.78 is 30.9. The van der Waals surface area contributed by atoms with Crippen LogP contribution in [0.1, 0.15) is 23.0 Å². The number of rotatable bonds is 3. The van der Waals surface area contributed by atoms with Gasteiger partial charge in [-0.15, -0.1) is 0 Å². The van der Waals surface area contributed by atoms with E-state index in [0.717, 1.165) is 12.1 Å². The topological polar surface area (TPSA) is 79.8 Å². The predicted octanol–water partition coefficient (Wildman–Crippen LogP) is 0.129. The number of carbonyl (C=O) groups is 1. The summed E-state index contributed by atoms with van der Waals surface area (Å²) in [7, 11) is -3.30. The molecule has 1 aromatic heterocycles. The van der Waals surface area contributed by atoms with Crippen LogP contribution in [0.2, 0.25) is 0 Å². The molecule has 3 heterocycles. The lowest BCUT2D eigenvalue weighted by Crippen LogP contribution is -2.52. The van der Waals surface area contributed by atoms with Crippen LogP contribution >= 0.6 is 0 Å². The van der Waals surface area contributed by atoms with Gasteiger partial charge in [-0.05, 0) is 18.6 Å². The fourth-order valence-electron chi connectivity index (χ4n) is 3.18. The summed E-state index contributed by atoms with van der Waals surface area (Å²) in [4.78, 5) is 18.5. The highest BCUT2D eigenvalue weighted by molar-refractivity contribution is 7.88. The van der Waals surface area contributed by atoms with Crippen LogP contribution in [0, 0.1) is 0 Å². The molecular formula is C15H21N3O4S. The quantitative estimate of drug-likeness (QED) is 0.782. The molecular weight excluding hydrogens is 318 g/mol.